The normalized spacial score (nSPS) is 11.2. The molecule has 0 radical (unpaired) electrons. The molecule has 3 rings (SSSR count). The number of nitrogens with one attached hydrogen (secondary N) is 1. The van der Waals surface area contributed by atoms with Gasteiger partial charge in [-0.15, -0.1) is 0 Å². The van der Waals surface area contributed by atoms with Gasteiger partial charge in [0, 0.05) is 18.9 Å². The van der Waals surface area contributed by atoms with Crippen molar-refractivity contribution in [2.24, 2.45) is 5.14 Å². The Hall–Kier alpha value is -3.24. The number of nitrogens with two attached hydrogens (primary N) is 1. The number of carbonyl (C=O) groups excluding carboxylic acids is 1. The van der Waals surface area contributed by atoms with Crippen molar-refractivity contribution < 1.29 is 22.3 Å². The lowest BCUT2D eigenvalue weighted by atomic mass is 10.1. The molecule has 0 aliphatic heterocycles. The average Bonchev–Trinajstić information content (AvgIpc) is 3.19. The van der Waals surface area contributed by atoms with Crippen LogP contribution in [-0.2, 0) is 16.6 Å². The van der Waals surface area contributed by atoms with Gasteiger partial charge in [-0.05, 0) is 35.9 Å². The summed E-state index contributed by atoms with van der Waals surface area (Å²) in [7, 11) is -2.62. The van der Waals surface area contributed by atoms with E-state index in [1.807, 2.05) is 0 Å². The lowest BCUT2D eigenvalue weighted by Crippen LogP contribution is -2.24. The molecule has 0 bridgehead atoms. The quantitative estimate of drug-likeness (QED) is 0.647. The predicted octanol–water partition coefficient (Wildman–Crippen LogP) is 1.60. The van der Waals surface area contributed by atoms with Crippen molar-refractivity contribution >= 4 is 15.9 Å². The zero-order valence-corrected chi connectivity index (χ0v) is 15.6. The SMILES string of the molecule is COc1ccc(S(N)(=O)=O)cc1C(=O)NCc1ccc(-n2ccnc2)c(F)c1. The van der Waals surface area contributed by atoms with Crippen LogP contribution < -0.4 is 15.2 Å². The highest BCUT2D eigenvalue weighted by Gasteiger charge is 2.17. The number of hydrogen-bond donors (Lipinski definition) is 2. The smallest absolute Gasteiger partial charge is 0.255 e. The van der Waals surface area contributed by atoms with Crippen molar-refractivity contribution in [3.05, 3.63) is 72.1 Å². The Kier molecular flexibility index (Phi) is 5.43. The standard InChI is InChI=1S/C18H17FN4O4S/c1-27-17-5-3-13(28(20,25)26)9-14(17)18(24)22-10-12-2-4-16(15(19)8-12)23-7-6-21-11-23/h2-9,11H,10H2,1H3,(H,22,24)(H2,20,25,26). The van der Waals surface area contributed by atoms with E-state index in [4.69, 9.17) is 9.88 Å². The number of nitrogens with zero attached hydrogens (tertiary/aromatic N) is 2. The summed E-state index contributed by atoms with van der Waals surface area (Å²) in [5.41, 5.74) is 0.857. The van der Waals surface area contributed by atoms with Crippen LogP contribution in [0.15, 0.2) is 60.0 Å². The Morgan fingerprint density at radius 3 is 2.68 bits per heavy atom. The molecule has 0 aliphatic rings. The van der Waals surface area contributed by atoms with Gasteiger partial charge in [-0.25, -0.2) is 22.9 Å². The minimum Gasteiger partial charge on any atom is -0.496 e. The van der Waals surface area contributed by atoms with E-state index < -0.39 is 21.7 Å². The van der Waals surface area contributed by atoms with Crippen LogP contribution in [-0.4, -0.2) is 31.0 Å². The molecule has 3 aromatic rings. The van der Waals surface area contributed by atoms with E-state index in [2.05, 4.69) is 10.3 Å². The van der Waals surface area contributed by atoms with Crippen LogP contribution in [0.4, 0.5) is 4.39 Å². The average molecular weight is 404 g/mol. The molecule has 1 aromatic heterocycles. The fourth-order valence-electron chi connectivity index (χ4n) is 2.59. The first-order valence-electron chi connectivity index (χ1n) is 8.05. The first kappa shape index (κ1) is 19.5. The highest BCUT2D eigenvalue weighted by Crippen LogP contribution is 2.22. The molecule has 0 unspecified atom stereocenters. The Labute approximate surface area is 160 Å². The molecule has 146 valence electrons. The monoisotopic (exact) mass is 404 g/mol. The van der Waals surface area contributed by atoms with E-state index in [-0.39, 0.29) is 22.8 Å². The fourth-order valence-corrected chi connectivity index (χ4v) is 3.13. The first-order valence-corrected chi connectivity index (χ1v) is 9.60. The van der Waals surface area contributed by atoms with E-state index in [1.165, 1.54) is 42.4 Å². The molecule has 1 amide bonds. The maximum Gasteiger partial charge on any atom is 0.255 e. The van der Waals surface area contributed by atoms with Gasteiger partial charge in [-0.2, -0.15) is 0 Å². The Morgan fingerprint density at radius 2 is 2.07 bits per heavy atom. The second-order valence-corrected chi connectivity index (χ2v) is 7.41. The number of methoxy groups -OCH3 is 1. The van der Waals surface area contributed by atoms with Crippen molar-refractivity contribution in [2.75, 3.05) is 7.11 Å². The van der Waals surface area contributed by atoms with Crippen LogP contribution in [0.5, 0.6) is 5.75 Å². The number of rotatable bonds is 6. The molecule has 0 saturated carbocycles. The van der Waals surface area contributed by atoms with Crippen LogP contribution in [0.2, 0.25) is 0 Å². The molecule has 8 nitrogen and oxygen atoms in total. The molecule has 2 aromatic carbocycles. The molecular formula is C18H17FN4O4S. The number of sulfonamides is 1. The lowest BCUT2D eigenvalue weighted by molar-refractivity contribution is 0.0947. The van der Waals surface area contributed by atoms with Crippen LogP contribution in [0.25, 0.3) is 5.69 Å². The molecule has 0 atom stereocenters. The predicted molar refractivity (Wildman–Crippen MR) is 99.1 cm³/mol. The summed E-state index contributed by atoms with van der Waals surface area (Å²) in [6, 6.07) is 8.25. The van der Waals surface area contributed by atoms with Crippen molar-refractivity contribution in [3.8, 4) is 11.4 Å². The third-order valence-corrected chi connectivity index (χ3v) is 4.90. The summed E-state index contributed by atoms with van der Waals surface area (Å²) in [6.07, 6.45) is 4.63. The molecule has 0 fully saturated rings. The first-order chi connectivity index (χ1) is 13.3. The maximum atomic E-state index is 14.3. The Bertz CT molecular complexity index is 1110. The van der Waals surface area contributed by atoms with Gasteiger partial charge < -0.3 is 14.6 Å². The number of carbonyl (C=O) groups is 1. The van der Waals surface area contributed by atoms with E-state index >= 15 is 0 Å². The number of aromatic nitrogens is 2. The molecule has 0 aliphatic carbocycles. The number of primary sulfonamides is 1. The third-order valence-electron chi connectivity index (χ3n) is 3.99. The second kappa shape index (κ2) is 7.79. The summed E-state index contributed by atoms with van der Waals surface area (Å²) in [4.78, 5) is 16.1. The molecule has 10 heteroatoms. The number of amides is 1. The largest absolute Gasteiger partial charge is 0.496 e. The van der Waals surface area contributed by atoms with Gasteiger partial charge in [0.2, 0.25) is 10.0 Å². The van der Waals surface area contributed by atoms with Crippen molar-refractivity contribution in [1.29, 1.82) is 0 Å². The fraction of sp³-hybridized carbons (Fsp3) is 0.111. The van der Waals surface area contributed by atoms with Crippen LogP contribution in [0.1, 0.15) is 15.9 Å². The zero-order chi connectivity index (χ0) is 20.3. The molecule has 0 saturated heterocycles. The number of hydrogen-bond acceptors (Lipinski definition) is 5. The molecule has 3 N–H and O–H groups in total. The highest BCUT2D eigenvalue weighted by molar-refractivity contribution is 7.89. The third kappa shape index (κ3) is 4.18. The van der Waals surface area contributed by atoms with Gasteiger partial charge in [0.15, 0.2) is 0 Å². The molecular weight excluding hydrogens is 387 g/mol. The Balaban J connectivity index is 1.78. The molecule has 0 spiro atoms. The van der Waals surface area contributed by atoms with Crippen LogP contribution >= 0.6 is 0 Å². The second-order valence-electron chi connectivity index (χ2n) is 5.85. The van der Waals surface area contributed by atoms with Gasteiger partial charge in [-0.3, -0.25) is 4.79 Å². The van der Waals surface area contributed by atoms with Gasteiger partial charge in [0.25, 0.3) is 5.91 Å². The topological polar surface area (TPSA) is 116 Å². The lowest BCUT2D eigenvalue weighted by Gasteiger charge is -2.11. The summed E-state index contributed by atoms with van der Waals surface area (Å²) >= 11 is 0. The van der Waals surface area contributed by atoms with Crippen LogP contribution in [0.3, 0.4) is 0 Å². The Morgan fingerprint density at radius 1 is 1.29 bits per heavy atom. The van der Waals surface area contributed by atoms with Gasteiger partial charge in [-0.1, -0.05) is 6.07 Å². The van der Waals surface area contributed by atoms with Crippen LogP contribution in [0, 0.1) is 5.82 Å². The summed E-state index contributed by atoms with van der Waals surface area (Å²) < 4.78 is 43.9. The van der Waals surface area contributed by atoms with Gasteiger partial charge in [0.05, 0.1) is 29.6 Å². The number of imidazole rings is 1. The summed E-state index contributed by atoms with van der Waals surface area (Å²) in [6.45, 7) is 0.0305. The maximum absolute atomic E-state index is 14.3. The molecule has 28 heavy (non-hydrogen) atoms. The zero-order valence-electron chi connectivity index (χ0n) is 14.8. The molecule has 1 heterocycles. The number of benzene rings is 2. The minimum atomic E-state index is -3.98. The van der Waals surface area contributed by atoms with E-state index in [1.54, 1.807) is 18.3 Å². The minimum absolute atomic E-state index is 0.00420. The summed E-state index contributed by atoms with van der Waals surface area (Å²) in [5.74, 6) is -0.869. The van der Waals surface area contributed by atoms with Gasteiger partial charge >= 0.3 is 0 Å². The van der Waals surface area contributed by atoms with E-state index in [0.29, 0.717) is 11.3 Å². The number of halogens is 1. The van der Waals surface area contributed by atoms with Crippen molar-refractivity contribution in [1.82, 2.24) is 14.9 Å². The number of ether oxygens (including phenoxy) is 1. The van der Waals surface area contributed by atoms with E-state index in [0.717, 1.165) is 6.07 Å². The van der Waals surface area contributed by atoms with Crippen molar-refractivity contribution in [3.63, 3.8) is 0 Å². The van der Waals surface area contributed by atoms with E-state index in [9.17, 15) is 17.6 Å². The van der Waals surface area contributed by atoms with Crippen molar-refractivity contribution in [2.45, 2.75) is 11.4 Å². The van der Waals surface area contributed by atoms with Gasteiger partial charge in [0.1, 0.15) is 11.6 Å². The summed E-state index contributed by atoms with van der Waals surface area (Å²) in [5, 5.41) is 7.71. The highest BCUT2D eigenvalue weighted by atomic mass is 32.2.